The van der Waals surface area contributed by atoms with Crippen molar-refractivity contribution in [2.24, 2.45) is 0 Å². The number of halogens is 1. The molecule has 1 aromatic heterocycles. The molecule has 0 bridgehead atoms. The van der Waals surface area contributed by atoms with Crippen LogP contribution in [0.4, 0.5) is 17.5 Å². The monoisotopic (exact) mass is 338 g/mol. The number of anilines is 3. The standard InChI is InChI=1S/C15H19ClN4O3/c1-21-7-6-18-15-17-5-4-14(20-15)19-11-9-12(22-2)10(16)8-13(11)23-3/h4-5,8-9H,6-7H2,1-3H3,(H2,17,18,19,20). The zero-order valence-electron chi connectivity index (χ0n) is 13.2. The van der Waals surface area contributed by atoms with Gasteiger partial charge in [0.25, 0.3) is 0 Å². The van der Waals surface area contributed by atoms with Crippen molar-refractivity contribution in [3.8, 4) is 11.5 Å². The summed E-state index contributed by atoms with van der Waals surface area (Å²) in [6, 6.07) is 5.19. The van der Waals surface area contributed by atoms with Crippen molar-refractivity contribution in [3.05, 3.63) is 29.4 Å². The molecule has 0 atom stereocenters. The lowest BCUT2D eigenvalue weighted by Gasteiger charge is -2.14. The van der Waals surface area contributed by atoms with E-state index in [1.54, 1.807) is 45.7 Å². The maximum Gasteiger partial charge on any atom is 0.224 e. The van der Waals surface area contributed by atoms with Gasteiger partial charge in [0.05, 0.1) is 31.5 Å². The summed E-state index contributed by atoms with van der Waals surface area (Å²) in [5.41, 5.74) is 0.690. The molecule has 23 heavy (non-hydrogen) atoms. The lowest BCUT2D eigenvalue weighted by Crippen LogP contribution is -2.10. The summed E-state index contributed by atoms with van der Waals surface area (Å²) in [6.45, 7) is 1.20. The highest BCUT2D eigenvalue weighted by molar-refractivity contribution is 6.32. The van der Waals surface area contributed by atoms with Crippen LogP contribution in [0.25, 0.3) is 0 Å². The van der Waals surface area contributed by atoms with E-state index in [1.165, 1.54) is 0 Å². The van der Waals surface area contributed by atoms with E-state index in [0.29, 0.717) is 47.1 Å². The van der Waals surface area contributed by atoms with Gasteiger partial charge in [-0.05, 0) is 6.07 Å². The van der Waals surface area contributed by atoms with Gasteiger partial charge in [0, 0.05) is 32.0 Å². The molecule has 0 fully saturated rings. The molecule has 0 radical (unpaired) electrons. The maximum atomic E-state index is 6.10. The third-order valence-electron chi connectivity index (χ3n) is 2.98. The Labute approximate surface area is 139 Å². The summed E-state index contributed by atoms with van der Waals surface area (Å²) in [6.07, 6.45) is 1.66. The largest absolute Gasteiger partial charge is 0.495 e. The molecule has 2 aromatic rings. The Morgan fingerprint density at radius 2 is 1.91 bits per heavy atom. The lowest BCUT2D eigenvalue weighted by atomic mass is 10.2. The molecule has 0 aliphatic heterocycles. The van der Waals surface area contributed by atoms with E-state index in [9.17, 15) is 0 Å². The fourth-order valence-corrected chi connectivity index (χ4v) is 2.11. The van der Waals surface area contributed by atoms with E-state index in [2.05, 4.69) is 20.6 Å². The molecule has 1 aromatic carbocycles. The van der Waals surface area contributed by atoms with Gasteiger partial charge in [-0.15, -0.1) is 0 Å². The topological polar surface area (TPSA) is 77.5 Å². The van der Waals surface area contributed by atoms with Crippen molar-refractivity contribution in [3.63, 3.8) is 0 Å². The van der Waals surface area contributed by atoms with Crippen LogP contribution in [0.2, 0.25) is 5.02 Å². The molecule has 1 heterocycles. The van der Waals surface area contributed by atoms with E-state index >= 15 is 0 Å². The quantitative estimate of drug-likeness (QED) is 0.716. The Morgan fingerprint density at radius 1 is 1.13 bits per heavy atom. The van der Waals surface area contributed by atoms with Gasteiger partial charge in [-0.25, -0.2) is 4.98 Å². The van der Waals surface area contributed by atoms with Crippen molar-refractivity contribution in [1.82, 2.24) is 9.97 Å². The molecule has 2 rings (SSSR count). The van der Waals surface area contributed by atoms with Crippen LogP contribution in [0, 0.1) is 0 Å². The molecular weight excluding hydrogens is 320 g/mol. The van der Waals surface area contributed by atoms with Gasteiger partial charge in [-0.1, -0.05) is 11.6 Å². The number of benzene rings is 1. The Morgan fingerprint density at radius 3 is 2.61 bits per heavy atom. The van der Waals surface area contributed by atoms with Crippen molar-refractivity contribution in [2.75, 3.05) is 45.1 Å². The van der Waals surface area contributed by atoms with Crippen LogP contribution < -0.4 is 20.1 Å². The molecule has 124 valence electrons. The summed E-state index contributed by atoms with van der Waals surface area (Å²) in [7, 11) is 4.77. The normalized spacial score (nSPS) is 10.3. The van der Waals surface area contributed by atoms with Gasteiger partial charge in [0.1, 0.15) is 17.3 Å². The second-order valence-corrected chi connectivity index (χ2v) is 4.90. The number of aromatic nitrogens is 2. The number of nitrogens with one attached hydrogen (secondary N) is 2. The predicted octanol–water partition coefficient (Wildman–Crippen LogP) is 2.95. The average Bonchev–Trinajstić information content (AvgIpc) is 2.56. The average molecular weight is 339 g/mol. The molecule has 7 nitrogen and oxygen atoms in total. The van der Waals surface area contributed by atoms with Gasteiger partial charge in [0.2, 0.25) is 5.95 Å². The summed E-state index contributed by atoms with van der Waals surface area (Å²) in [5.74, 6) is 2.25. The predicted molar refractivity (Wildman–Crippen MR) is 90.2 cm³/mol. The lowest BCUT2D eigenvalue weighted by molar-refractivity contribution is 0.210. The molecule has 0 aliphatic carbocycles. The maximum absolute atomic E-state index is 6.10. The first kappa shape index (κ1) is 17.1. The van der Waals surface area contributed by atoms with Crippen molar-refractivity contribution in [2.45, 2.75) is 0 Å². The van der Waals surface area contributed by atoms with E-state index in [-0.39, 0.29) is 0 Å². The van der Waals surface area contributed by atoms with Gasteiger partial charge < -0.3 is 24.8 Å². The van der Waals surface area contributed by atoms with Crippen LogP contribution in [0.15, 0.2) is 24.4 Å². The van der Waals surface area contributed by atoms with E-state index in [0.717, 1.165) is 0 Å². The third-order valence-corrected chi connectivity index (χ3v) is 3.28. The minimum Gasteiger partial charge on any atom is -0.495 e. The van der Waals surface area contributed by atoms with Crippen molar-refractivity contribution < 1.29 is 14.2 Å². The van der Waals surface area contributed by atoms with E-state index < -0.39 is 0 Å². The zero-order valence-corrected chi connectivity index (χ0v) is 14.0. The van der Waals surface area contributed by atoms with Gasteiger partial charge in [-0.2, -0.15) is 4.98 Å². The highest BCUT2D eigenvalue weighted by Gasteiger charge is 2.11. The zero-order chi connectivity index (χ0) is 16.7. The molecule has 0 saturated heterocycles. The molecular formula is C15H19ClN4O3. The Bertz CT molecular complexity index is 655. The highest BCUT2D eigenvalue weighted by Crippen LogP contribution is 2.37. The third kappa shape index (κ3) is 4.61. The second-order valence-electron chi connectivity index (χ2n) is 4.50. The second kappa shape index (κ2) is 8.40. The Balaban J connectivity index is 2.19. The van der Waals surface area contributed by atoms with Crippen LogP contribution >= 0.6 is 11.6 Å². The van der Waals surface area contributed by atoms with Gasteiger partial charge >= 0.3 is 0 Å². The minimum atomic E-state index is 0.472. The van der Waals surface area contributed by atoms with Crippen LogP contribution in [-0.4, -0.2) is 44.4 Å². The van der Waals surface area contributed by atoms with Crippen LogP contribution in [0.3, 0.4) is 0 Å². The first-order valence-electron chi connectivity index (χ1n) is 6.92. The first-order chi connectivity index (χ1) is 11.2. The molecule has 0 amide bonds. The summed E-state index contributed by atoms with van der Waals surface area (Å²) in [5, 5.41) is 6.71. The fraction of sp³-hybridized carbons (Fsp3) is 0.333. The van der Waals surface area contributed by atoms with Crippen LogP contribution in [0.1, 0.15) is 0 Å². The number of hydrogen-bond acceptors (Lipinski definition) is 7. The smallest absolute Gasteiger partial charge is 0.224 e. The van der Waals surface area contributed by atoms with Crippen molar-refractivity contribution in [1.29, 1.82) is 0 Å². The minimum absolute atomic E-state index is 0.472. The molecule has 0 unspecified atom stereocenters. The SMILES string of the molecule is COCCNc1nccc(Nc2cc(OC)c(Cl)cc2OC)n1. The summed E-state index contributed by atoms with van der Waals surface area (Å²) in [4.78, 5) is 8.52. The molecule has 2 N–H and O–H groups in total. The number of hydrogen-bond donors (Lipinski definition) is 2. The molecule has 8 heteroatoms. The summed E-state index contributed by atoms with van der Waals surface area (Å²) >= 11 is 6.10. The van der Waals surface area contributed by atoms with Crippen LogP contribution in [-0.2, 0) is 4.74 Å². The fourth-order valence-electron chi connectivity index (χ4n) is 1.87. The number of methoxy groups -OCH3 is 3. The van der Waals surface area contributed by atoms with Crippen LogP contribution in [0.5, 0.6) is 11.5 Å². The summed E-state index contributed by atoms with van der Waals surface area (Å²) < 4.78 is 15.5. The van der Waals surface area contributed by atoms with E-state index in [4.69, 9.17) is 25.8 Å². The van der Waals surface area contributed by atoms with Gasteiger partial charge in [-0.3, -0.25) is 0 Å². The molecule has 0 spiro atoms. The molecule has 0 aliphatic rings. The van der Waals surface area contributed by atoms with E-state index in [1.807, 2.05) is 0 Å². The Kier molecular flexibility index (Phi) is 6.25. The number of nitrogens with zero attached hydrogens (tertiary/aromatic N) is 2. The number of ether oxygens (including phenoxy) is 3. The number of rotatable bonds is 8. The highest BCUT2D eigenvalue weighted by atomic mass is 35.5. The molecule has 0 saturated carbocycles. The Hall–Kier alpha value is -2.25. The first-order valence-corrected chi connectivity index (χ1v) is 7.30. The van der Waals surface area contributed by atoms with Crippen molar-refractivity contribution >= 4 is 29.1 Å². The van der Waals surface area contributed by atoms with Gasteiger partial charge in [0.15, 0.2) is 0 Å².